The molecule has 0 aliphatic carbocycles. The van der Waals surface area contributed by atoms with Gasteiger partial charge >= 0.3 is 5.97 Å². The second-order valence-electron chi connectivity index (χ2n) is 3.58. The first-order valence-corrected chi connectivity index (χ1v) is 4.77. The maximum absolute atomic E-state index is 10.4. The van der Waals surface area contributed by atoms with E-state index in [2.05, 4.69) is 0 Å². The van der Waals surface area contributed by atoms with Crippen molar-refractivity contribution in [3.8, 4) is 5.75 Å². The maximum Gasteiger partial charge on any atom is 0.303 e. The third-order valence-corrected chi connectivity index (χ3v) is 2.33. The average molecular weight is 209 g/mol. The van der Waals surface area contributed by atoms with Crippen LogP contribution in [-0.2, 0) is 4.79 Å². The molecule has 15 heavy (non-hydrogen) atoms. The number of aromatic hydroxyl groups is 1. The third kappa shape index (κ3) is 3.25. The Morgan fingerprint density at radius 3 is 2.73 bits per heavy atom. The Hall–Kier alpha value is -1.55. The van der Waals surface area contributed by atoms with Gasteiger partial charge in [-0.05, 0) is 30.5 Å². The number of phenolic OH excluding ortho intramolecular Hbond substituents is 1. The number of benzene rings is 1. The van der Waals surface area contributed by atoms with Crippen LogP contribution >= 0.6 is 0 Å². The Morgan fingerprint density at radius 1 is 1.53 bits per heavy atom. The summed E-state index contributed by atoms with van der Waals surface area (Å²) in [6.07, 6.45) is 0.410. The SMILES string of the molecule is Cc1ccc(C(N)CCC(=O)O)cc1O. The molecule has 0 fully saturated rings. The molecule has 82 valence electrons. The number of hydrogen-bond donors (Lipinski definition) is 3. The molecule has 4 N–H and O–H groups in total. The van der Waals surface area contributed by atoms with Crippen molar-refractivity contribution in [2.45, 2.75) is 25.8 Å². The summed E-state index contributed by atoms with van der Waals surface area (Å²) in [7, 11) is 0. The zero-order chi connectivity index (χ0) is 11.4. The minimum atomic E-state index is -0.859. The van der Waals surface area contributed by atoms with Crippen LogP contribution in [0.15, 0.2) is 18.2 Å². The fourth-order valence-electron chi connectivity index (χ4n) is 1.30. The Labute approximate surface area is 88.3 Å². The summed E-state index contributed by atoms with van der Waals surface area (Å²) in [5, 5.41) is 18.0. The predicted molar refractivity (Wildman–Crippen MR) is 56.6 cm³/mol. The van der Waals surface area contributed by atoms with Crippen molar-refractivity contribution in [1.29, 1.82) is 0 Å². The summed E-state index contributed by atoms with van der Waals surface area (Å²) >= 11 is 0. The Bertz CT molecular complexity index is 363. The number of nitrogens with two attached hydrogens (primary N) is 1. The van der Waals surface area contributed by atoms with Gasteiger partial charge in [-0.2, -0.15) is 0 Å². The predicted octanol–water partition coefficient (Wildman–Crippen LogP) is 1.57. The van der Waals surface area contributed by atoms with Gasteiger partial charge in [0.15, 0.2) is 0 Å². The van der Waals surface area contributed by atoms with E-state index >= 15 is 0 Å². The molecule has 0 aliphatic rings. The van der Waals surface area contributed by atoms with Gasteiger partial charge in [0.1, 0.15) is 5.75 Å². The van der Waals surface area contributed by atoms with E-state index in [4.69, 9.17) is 10.8 Å². The summed E-state index contributed by atoms with van der Waals surface area (Å²) in [4.78, 5) is 10.4. The molecule has 0 amide bonds. The highest BCUT2D eigenvalue weighted by Gasteiger charge is 2.09. The number of hydrogen-bond acceptors (Lipinski definition) is 3. The summed E-state index contributed by atoms with van der Waals surface area (Å²) in [5.41, 5.74) is 7.33. The first-order chi connectivity index (χ1) is 7.00. The number of phenols is 1. The lowest BCUT2D eigenvalue weighted by molar-refractivity contribution is -0.137. The molecule has 0 radical (unpaired) electrons. The van der Waals surface area contributed by atoms with Gasteiger partial charge in [-0.1, -0.05) is 12.1 Å². The molecule has 0 saturated carbocycles. The van der Waals surface area contributed by atoms with E-state index in [9.17, 15) is 9.90 Å². The van der Waals surface area contributed by atoms with E-state index in [-0.39, 0.29) is 18.2 Å². The van der Waals surface area contributed by atoms with Crippen LogP contribution in [0.2, 0.25) is 0 Å². The molecule has 1 atom stereocenters. The first-order valence-electron chi connectivity index (χ1n) is 4.77. The number of aryl methyl sites for hydroxylation is 1. The van der Waals surface area contributed by atoms with Crippen LogP contribution in [0.1, 0.15) is 30.0 Å². The molecule has 0 spiro atoms. The zero-order valence-corrected chi connectivity index (χ0v) is 8.60. The number of aliphatic carboxylic acids is 1. The molecule has 0 aromatic heterocycles. The number of carbonyl (C=O) groups is 1. The van der Waals surface area contributed by atoms with E-state index in [0.29, 0.717) is 6.42 Å². The van der Waals surface area contributed by atoms with Gasteiger partial charge in [-0.25, -0.2) is 0 Å². The van der Waals surface area contributed by atoms with Crippen LogP contribution in [0.25, 0.3) is 0 Å². The largest absolute Gasteiger partial charge is 0.508 e. The van der Waals surface area contributed by atoms with Gasteiger partial charge in [0, 0.05) is 12.5 Å². The average Bonchev–Trinajstić information content (AvgIpc) is 2.18. The van der Waals surface area contributed by atoms with Gasteiger partial charge in [0.2, 0.25) is 0 Å². The van der Waals surface area contributed by atoms with Gasteiger partial charge < -0.3 is 15.9 Å². The van der Waals surface area contributed by atoms with Crippen LogP contribution in [0.4, 0.5) is 0 Å². The molecule has 1 aromatic rings. The molecule has 1 aromatic carbocycles. The van der Waals surface area contributed by atoms with Gasteiger partial charge in [-0.15, -0.1) is 0 Å². The number of carboxylic acids is 1. The second-order valence-corrected chi connectivity index (χ2v) is 3.58. The quantitative estimate of drug-likeness (QED) is 0.702. The fraction of sp³-hybridized carbons (Fsp3) is 0.364. The topological polar surface area (TPSA) is 83.6 Å². The molecule has 1 unspecified atom stereocenters. The lowest BCUT2D eigenvalue weighted by atomic mass is 10.0. The highest BCUT2D eigenvalue weighted by Crippen LogP contribution is 2.23. The van der Waals surface area contributed by atoms with Crippen molar-refractivity contribution in [2.24, 2.45) is 5.73 Å². The summed E-state index contributed by atoms with van der Waals surface area (Å²) in [6, 6.07) is 4.82. The first kappa shape index (κ1) is 11.5. The number of rotatable bonds is 4. The summed E-state index contributed by atoms with van der Waals surface area (Å²) in [6.45, 7) is 1.79. The van der Waals surface area contributed by atoms with Crippen molar-refractivity contribution >= 4 is 5.97 Å². The van der Waals surface area contributed by atoms with Crippen molar-refractivity contribution in [3.63, 3.8) is 0 Å². The van der Waals surface area contributed by atoms with E-state index < -0.39 is 5.97 Å². The smallest absolute Gasteiger partial charge is 0.303 e. The highest BCUT2D eigenvalue weighted by molar-refractivity contribution is 5.66. The minimum absolute atomic E-state index is 0.0375. The molecule has 4 nitrogen and oxygen atoms in total. The molecule has 4 heteroatoms. The summed E-state index contributed by atoms with van der Waals surface area (Å²) < 4.78 is 0. The molecule has 0 bridgehead atoms. The Balaban J connectivity index is 2.69. The standard InChI is InChI=1S/C11H15NO3/c1-7-2-3-8(6-10(7)13)9(12)4-5-11(14)15/h2-3,6,9,13H,4-5,12H2,1H3,(H,14,15). The van der Waals surface area contributed by atoms with Crippen LogP contribution in [0.5, 0.6) is 5.75 Å². The fourth-order valence-corrected chi connectivity index (χ4v) is 1.30. The van der Waals surface area contributed by atoms with Gasteiger partial charge in [0.05, 0.1) is 0 Å². The molecule has 0 saturated heterocycles. The van der Waals surface area contributed by atoms with Crippen LogP contribution in [0, 0.1) is 6.92 Å². The van der Waals surface area contributed by atoms with Gasteiger partial charge in [0.25, 0.3) is 0 Å². The van der Waals surface area contributed by atoms with Crippen LogP contribution < -0.4 is 5.73 Å². The molecule has 0 heterocycles. The molecule has 1 rings (SSSR count). The van der Waals surface area contributed by atoms with Crippen molar-refractivity contribution in [1.82, 2.24) is 0 Å². The molecular weight excluding hydrogens is 194 g/mol. The zero-order valence-electron chi connectivity index (χ0n) is 8.60. The second kappa shape index (κ2) is 4.79. The number of carboxylic acid groups (broad SMARTS) is 1. The lowest BCUT2D eigenvalue weighted by Crippen LogP contribution is -2.12. The van der Waals surface area contributed by atoms with Gasteiger partial charge in [-0.3, -0.25) is 4.79 Å². The van der Waals surface area contributed by atoms with Crippen LogP contribution in [-0.4, -0.2) is 16.2 Å². The van der Waals surface area contributed by atoms with E-state index in [1.807, 2.05) is 6.07 Å². The lowest BCUT2D eigenvalue weighted by Gasteiger charge is -2.11. The van der Waals surface area contributed by atoms with E-state index in [0.717, 1.165) is 11.1 Å². The van der Waals surface area contributed by atoms with Crippen molar-refractivity contribution in [2.75, 3.05) is 0 Å². The monoisotopic (exact) mass is 209 g/mol. The highest BCUT2D eigenvalue weighted by atomic mass is 16.4. The van der Waals surface area contributed by atoms with Crippen molar-refractivity contribution < 1.29 is 15.0 Å². The Kier molecular flexibility index (Phi) is 3.68. The molecular formula is C11H15NO3. The van der Waals surface area contributed by atoms with Crippen molar-refractivity contribution in [3.05, 3.63) is 29.3 Å². The van der Waals surface area contributed by atoms with Crippen LogP contribution in [0.3, 0.4) is 0 Å². The Morgan fingerprint density at radius 2 is 2.20 bits per heavy atom. The molecule has 0 aliphatic heterocycles. The third-order valence-electron chi connectivity index (χ3n) is 2.33. The summed E-state index contributed by atoms with van der Waals surface area (Å²) in [5.74, 6) is -0.667. The minimum Gasteiger partial charge on any atom is -0.508 e. The van der Waals surface area contributed by atoms with E-state index in [1.54, 1.807) is 19.1 Å². The maximum atomic E-state index is 10.4. The van der Waals surface area contributed by atoms with E-state index in [1.165, 1.54) is 0 Å². The normalized spacial score (nSPS) is 12.4.